The molecule has 12 heavy (non-hydrogen) atoms. The number of ether oxygens (including phenoxy) is 1. The van der Waals surface area contributed by atoms with Crippen molar-refractivity contribution in [3.8, 4) is 0 Å². The molecule has 1 rings (SSSR count). The maximum atomic E-state index is 11.1. The summed E-state index contributed by atoms with van der Waals surface area (Å²) in [7, 11) is 1.42. The molecule has 0 saturated carbocycles. The van der Waals surface area contributed by atoms with Crippen molar-refractivity contribution in [2.75, 3.05) is 7.11 Å². The van der Waals surface area contributed by atoms with Crippen LogP contribution in [0.2, 0.25) is 0 Å². The third-order valence-electron chi connectivity index (χ3n) is 1.85. The van der Waals surface area contributed by atoms with E-state index < -0.39 is 0 Å². The average Bonchev–Trinajstić information content (AvgIpc) is 2.48. The number of carbonyl (C=O) groups excluding carboxylic acids is 1. The zero-order valence-electron chi connectivity index (χ0n) is 7.46. The molecular weight excluding hydrogens is 172 g/mol. The SMILES string of the molecule is COC(=O)C(C)c1sccc1C. The van der Waals surface area contributed by atoms with E-state index >= 15 is 0 Å². The number of hydrogen-bond donors (Lipinski definition) is 0. The Morgan fingerprint density at radius 1 is 1.67 bits per heavy atom. The predicted molar refractivity (Wildman–Crippen MR) is 49.5 cm³/mol. The topological polar surface area (TPSA) is 26.3 Å². The minimum atomic E-state index is -0.166. The van der Waals surface area contributed by atoms with Gasteiger partial charge >= 0.3 is 5.97 Å². The Labute approximate surface area is 76.2 Å². The summed E-state index contributed by atoms with van der Waals surface area (Å²) in [5.74, 6) is -0.296. The summed E-state index contributed by atoms with van der Waals surface area (Å²) in [6.45, 7) is 3.87. The predicted octanol–water partition coefficient (Wildman–Crippen LogP) is 2.33. The minimum Gasteiger partial charge on any atom is -0.469 e. The highest BCUT2D eigenvalue weighted by Crippen LogP contribution is 2.25. The molecule has 1 unspecified atom stereocenters. The van der Waals surface area contributed by atoms with Gasteiger partial charge in [-0.05, 0) is 30.9 Å². The van der Waals surface area contributed by atoms with Crippen LogP contribution in [0.4, 0.5) is 0 Å². The number of methoxy groups -OCH3 is 1. The fraction of sp³-hybridized carbons (Fsp3) is 0.444. The number of rotatable bonds is 2. The van der Waals surface area contributed by atoms with Gasteiger partial charge in [-0.15, -0.1) is 11.3 Å². The second-order valence-electron chi connectivity index (χ2n) is 2.71. The molecule has 1 heterocycles. The van der Waals surface area contributed by atoms with Crippen LogP contribution in [0.3, 0.4) is 0 Å². The van der Waals surface area contributed by atoms with Crippen LogP contribution in [0.25, 0.3) is 0 Å². The molecule has 0 aromatic carbocycles. The van der Waals surface area contributed by atoms with Crippen molar-refractivity contribution in [3.05, 3.63) is 21.9 Å². The maximum absolute atomic E-state index is 11.1. The van der Waals surface area contributed by atoms with Crippen molar-refractivity contribution in [1.29, 1.82) is 0 Å². The molecule has 0 aliphatic carbocycles. The molecule has 0 bridgehead atoms. The Balaban J connectivity index is 2.84. The molecule has 0 aliphatic rings. The molecule has 1 aromatic heterocycles. The quantitative estimate of drug-likeness (QED) is 0.659. The second-order valence-corrected chi connectivity index (χ2v) is 3.66. The van der Waals surface area contributed by atoms with Crippen LogP contribution in [0.1, 0.15) is 23.3 Å². The molecule has 0 spiro atoms. The number of carbonyl (C=O) groups is 1. The van der Waals surface area contributed by atoms with E-state index in [1.165, 1.54) is 7.11 Å². The zero-order chi connectivity index (χ0) is 9.14. The van der Waals surface area contributed by atoms with E-state index in [0.29, 0.717) is 0 Å². The van der Waals surface area contributed by atoms with E-state index in [-0.39, 0.29) is 11.9 Å². The van der Waals surface area contributed by atoms with E-state index in [1.54, 1.807) is 11.3 Å². The van der Waals surface area contributed by atoms with Crippen LogP contribution in [-0.4, -0.2) is 13.1 Å². The Kier molecular flexibility index (Phi) is 2.87. The molecular formula is C9H12O2S. The maximum Gasteiger partial charge on any atom is 0.313 e. The Morgan fingerprint density at radius 2 is 2.33 bits per heavy atom. The molecule has 0 saturated heterocycles. The van der Waals surface area contributed by atoms with Gasteiger partial charge in [0.2, 0.25) is 0 Å². The van der Waals surface area contributed by atoms with E-state index in [1.807, 2.05) is 25.3 Å². The molecule has 1 aromatic rings. The van der Waals surface area contributed by atoms with E-state index in [0.717, 1.165) is 10.4 Å². The van der Waals surface area contributed by atoms with Crippen molar-refractivity contribution in [3.63, 3.8) is 0 Å². The highest BCUT2D eigenvalue weighted by Gasteiger charge is 2.18. The summed E-state index contributed by atoms with van der Waals surface area (Å²) in [5.41, 5.74) is 1.16. The summed E-state index contributed by atoms with van der Waals surface area (Å²) in [6.07, 6.45) is 0. The highest BCUT2D eigenvalue weighted by molar-refractivity contribution is 7.10. The first-order valence-corrected chi connectivity index (χ1v) is 4.66. The molecule has 0 aliphatic heterocycles. The highest BCUT2D eigenvalue weighted by atomic mass is 32.1. The molecule has 0 amide bonds. The van der Waals surface area contributed by atoms with Crippen molar-refractivity contribution in [2.45, 2.75) is 19.8 Å². The summed E-state index contributed by atoms with van der Waals surface area (Å²) in [4.78, 5) is 12.2. The third kappa shape index (κ3) is 1.67. The Hall–Kier alpha value is -0.830. The minimum absolute atomic E-state index is 0.130. The number of esters is 1. The van der Waals surface area contributed by atoms with E-state index in [9.17, 15) is 4.79 Å². The van der Waals surface area contributed by atoms with Gasteiger partial charge in [-0.1, -0.05) is 0 Å². The van der Waals surface area contributed by atoms with Crippen LogP contribution in [0.15, 0.2) is 11.4 Å². The molecule has 0 fully saturated rings. The van der Waals surface area contributed by atoms with Gasteiger partial charge in [0.05, 0.1) is 13.0 Å². The number of thiophene rings is 1. The molecule has 66 valence electrons. The average molecular weight is 184 g/mol. The van der Waals surface area contributed by atoms with Crippen molar-refractivity contribution in [1.82, 2.24) is 0 Å². The van der Waals surface area contributed by atoms with Gasteiger partial charge in [0.15, 0.2) is 0 Å². The second kappa shape index (κ2) is 3.72. The standard InChI is InChI=1S/C9H12O2S/c1-6-4-5-12-8(6)7(2)9(10)11-3/h4-5,7H,1-3H3. The van der Waals surface area contributed by atoms with Gasteiger partial charge < -0.3 is 4.74 Å². The first-order chi connectivity index (χ1) is 5.66. The lowest BCUT2D eigenvalue weighted by atomic mass is 10.1. The van der Waals surface area contributed by atoms with Crippen molar-refractivity contribution in [2.24, 2.45) is 0 Å². The lowest BCUT2D eigenvalue weighted by Crippen LogP contribution is -2.10. The Bertz CT molecular complexity index is 278. The van der Waals surface area contributed by atoms with Gasteiger partial charge in [0.1, 0.15) is 0 Å². The first-order valence-electron chi connectivity index (χ1n) is 3.78. The van der Waals surface area contributed by atoms with Gasteiger partial charge in [-0.25, -0.2) is 0 Å². The van der Waals surface area contributed by atoms with Gasteiger partial charge in [-0.2, -0.15) is 0 Å². The zero-order valence-corrected chi connectivity index (χ0v) is 8.27. The summed E-state index contributed by atoms with van der Waals surface area (Å²) < 4.78 is 4.66. The molecule has 0 N–H and O–H groups in total. The van der Waals surface area contributed by atoms with Crippen LogP contribution in [-0.2, 0) is 9.53 Å². The van der Waals surface area contributed by atoms with E-state index in [4.69, 9.17) is 0 Å². The summed E-state index contributed by atoms with van der Waals surface area (Å²) in [5, 5.41) is 1.99. The largest absolute Gasteiger partial charge is 0.469 e. The van der Waals surface area contributed by atoms with Gasteiger partial charge in [-0.3, -0.25) is 4.79 Å². The van der Waals surface area contributed by atoms with Crippen molar-refractivity contribution >= 4 is 17.3 Å². The van der Waals surface area contributed by atoms with Crippen LogP contribution < -0.4 is 0 Å². The monoisotopic (exact) mass is 184 g/mol. The van der Waals surface area contributed by atoms with Crippen LogP contribution in [0, 0.1) is 6.92 Å². The van der Waals surface area contributed by atoms with E-state index in [2.05, 4.69) is 4.74 Å². The fourth-order valence-corrected chi connectivity index (χ4v) is 2.08. The van der Waals surface area contributed by atoms with Gasteiger partial charge in [0, 0.05) is 4.88 Å². The van der Waals surface area contributed by atoms with Crippen LogP contribution in [0.5, 0.6) is 0 Å². The normalized spacial score (nSPS) is 12.6. The van der Waals surface area contributed by atoms with Crippen molar-refractivity contribution < 1.29 is 9.53 Å². The molecule has 2 nitrogen and oxygen atoms in total. The Morgan fingerprint density at radius 3 is 2.75 bits per heavy atom. The summed E-state index contributed by atoms with van der Waals surface area (Å²) in [6, 6.07) is 2.01. The molecule has 3 heteroatoms. The lowest BCUT2D eigenvalue weighted by Gasteiger charge is -2.07. The number of hydrogen-bond acceptors (Lipinski definition) is 3. The third-order valence-corrected chi connectivity index (χ3v) is 3.05. The fourth-order valence-electron chi connectivity index (χ4n) is 1.11. The number of aryl methyl sites for hydroxylation is 1. The summed E-state index contributed by atoms with van der Waals surface area (Å²) >= 11 is 1.60. The molecule has 1 atom stereocenters. The smallest absolute Gasteiger partial charge is 0.313 e. The lowest BCUT2D eigenvalue weighted by molar-refractivity contribution is -0.141. The van der Waals surface area contributed by atoms with Gasteiger partial charge in [0.25, 0.3) is 0 Å². The molecule has 0 radical (unpaired) electrons. The van der Waals surface area contributed by atoms with Crippen LogP contribution >= 0.6 is 11.3 Å². The first kappa shape index (κ1) is 9.26.